The van der Waals surface area contributed by atoms with Gasteiger partial charge in [-0.05, 0) is 30.9 Å². The van der Waals surface area contributed by atoms with Crippen molar-refractivity contribution in [3.8, 4) is 11.5 Å². The average molecular weight is 534 g/mol. The molecule has 0 saturated heterocycles. The number of rotatable bonds is 9. The van der Waals surface area contributed by atoms with E-state index in [4.69, 9.17) is 4.42 Å². The van der Waals surface area contributed by atoms with E-state index < -0.39 is 9.84 Å². The van der Waals surface area contributed by atoms with Gasteiger partial charge in [-0.3, -0.25) is 0 Å². The molecule has 0 unspecified atom stereocenters. The van der Waals surface area contributed by atoms with Crippen molar-refractivity contribution in [3.05, 3.63) is 42.3 Å². The molecule has 0 atom stereocenters. The quantitative estimate of drug-likeness (QED) is 0.291. The van der Waals surface area contributed by atoms with E-state index in [1.54, 1.807) is 6.26 Å². The monoisotopic (exact) mass is 534 g/mol. The summed E-state index contributed by atoms with van der Waals surface area (Å²) in [4.78, 5) is 9.04. The Hall–Kier alpha value is -1.62. The van der Waals surface area contributed by atoms with E-state index in [0.717, 1.165) is 17.8 Å². The first-order valence-corrected chi connectivity index (χ1v) is 11.4. The first kappa shape index (κ1) is 25.4. The molecule has 0 amide bonds. The van der Waals surface area contributed by atoms with Crippen LogP contribution < -0.4 is 10.6 Å². The third-order valence-electron chi connectivity index (χ3n) is 4.20. The molecule has 2 N–H and O–H groups in total. The van der Waals surface area contributed by atoms with Gasteiger partial charge >= 0.3 is 0 Å². The molecule has 1 aromatic carbocycles. The van der Waals surface area contributed by atoms with Crippen LogP contribution in [0.1, 0.15) is 32.9 Å². The van der Waals surface area contributed by atoms with E-state index in [1.165, 1.54) is 6.26 Å². The normalized spacial score (nSPS) is 12.3. The highest BCUT2D eigenvalue weighted by Crippen LogP contribution is 2.20. The number of oxazole rings is 1. The fourth-order valence-corrected chi connectivity index (χ4v) is 3.39. The lowest BCUT2D eigenvalue weighted by molar-refractivity contribution is 0.348. The molecule has 1 aromatic heterocycles. The van der Waals surface area contributed by atoms with Gasteiger partial charge in [-0.2, -0.15) is 0 Å². The van der Waals surface area contributed by atoms with Crippen molar-refractivity contribution in [1.82, 2.24) is 15.6 Å². The number of hydrogen-bond donors (Lipinski definition) is 2. The summed E-state index contributed by atoms with van der Waals surface area (Å²) in [5.74, 6) is 1.42. The molecule has 7 nitrogen and oxygen atoms in total. The van der Waals surface area contributed by atoms with Gasteiger partial charge in [0.15, 0.2) is 5.96 Å². The lowest BCUT2D eigenvalue weighted by atomic mass is 9.90. The van der Waals surface area contributed by atoms with Gasteiger partial charge in [0.2, 0.25) is 5.89 Å². The summed E-state index contributed by atoms with van der Waals surface area (Å²) in [7, 11) is -2.97. The SMILES string of the molecule is CCNC(=NCc1coc(-c2ccccc2)n1)NCC(C)(C)CCS(C)(=O)=O.I. The predicted molar refractivity (Wildman–Crippen MR) is 128 cm³/mol. The summed E-state index contributed by atoms with van der Waals surface area (Å²) in [5, 5.41) is 6.49. The van der Waals surface area contributed by atoms with E-state index in [1.807, 2.05) is 51.1 Å². The molecule has 0 saturated carbocycles. The van der Waals surface area contributed by atoms with Crippen LogP contribution in [0.25, 0.3) is 11.5 Å². The fourth-order valence-electron chi connectivity index (χ4n) is 2.47. The van der Waals surface area contributed by atoms with Crippen LogP contribution in [0.2, 0.25) is 0 Å². The lowest BCUT2D eigenvalue weighted by Gasteiger charge is -2.25. The topological polar surface area (TPSA) is 96.6 Å². The third-order valence-corrected chi connectivity index (χ3v) is 5.15. The molecule has 0 fully saturated rings. The van der Waals surface area contributed by atoms with Gasteiger partial charge < -0.3 is 15.1 Å². The number of nitrogens with zero attached hydrogens (tertiary/aromatic N) is 2. The lowest BCUT2D eigenvalue weighted by Crippen LogP contribution is -2.42. The number of hydrogen-bond acceptors (Lipinski definition) is 5. The molecule has 0 radical (unpaired) electrons. The molecule has 0 aliphatic heterocycles. The zero-order valence-corrected chi connectivity index (χ0v) is 20.6. The maximum atomic E-state index is 11.4. The standard InChI is InChI=1S/C20H30N4O3S.HI/c1-5-21-19(23-15-20(2,3)11-12-28(4,25)26)22-13-17-14-27-18(24-17)16-9-7-6-8-10-16;/h6-10,14H,5,11-13,15H2,1-4H3,(H2,21,22,23);1H. The molecule has 29 heavy (non-hydrogen) atoms. The van der Waals surface area contributed by atoms with Crippen molar-refractivity contribution in [3.63, 3.8) is 0 Å². The maximum Gasteiger partial charge on any atom is 0.226 e. The van der Waals surface area contributed by atoms with E-state index >= 15 is 0 Å². The molecule has 0 aliphatic carbocycles. The highest BCUT2D eigenvalue weighted by Gasteiger charge is 2.20. The summed E-state index contributed by atoms with van der Waals surface area (Å²) in [6, 6.07) is 9.72. The van der Waals surface area contributed by atoms with Crippen LogP contribution in [0.4, 0.5) is 0 Å². The number of sulfone groups is 1. The van der Waals surface area contributed by atoms with Crippen LogP contribution in [-0.2, 0) is 16.4 Å². The van der Waals surface area contributed by atoms with Crippen LogP contribution in [0.15, 0.2) is 46.0 Å². The Balaban J connectivity index is 0.00000420. The minimum atomic E-state index is -2.97. The van der Waals surface area contributed by atoms with E-state index in [0.29, 0.717) is 31.4 Å². The first-order chi connectivity index (χ1) is 13.2. The van der Waals surface area contributed by atoms with Gasteiger partial charge in [-0.15, -0.1) is 24.0 Å². The third kappa shape index (κ3) is 9.62. The van der Waals surface area contributed by atoms with Crippen molar-refractivity contribution in [1.29, 1.82) is 0 Å². The summed E-state index contributed by atoms with van der Waals surface area (Å²) >= 11 is 0. The number of halogens is 1. The number of aromatic nitrogens is 1. The molecular weight excluding hydrogens is 503 g/mol. The first-order valence-electron chi connectivity index (χ1n) is 9.38. The average Bonchev–Trinajstić information content (AvgIpc) is 3.12. The minimum absolute atomic E-state index is 0. The second-order valence-corrected chi connectivity index (χ2v) is 9.86. The van der Waals surface area contributed by atoms with Crippen LogP contribution in [0, 0.1) is 5.41 Å². The number of aliphatic imine (C=N–C) groups is 1. The summed E-state index contributed by atoms with van der Waals surface area (Å²) < 4.78 is 28.4. The van der Waals surface area contributed by atoms with E-state index in [2.05, 4.69) is 20.6 Å². The molecule has 162 valence electrons. The summed E-state index contributed by atoms with van der Waals surface area (Å²) in [6.45, 7) is 7.80. The van der Waals surface area contributed by atoms with Crippen LogP contribution in [0.5, 0.6) is 0 Å². The van der Waals surface area contributed by atoms with Gasteiger partial charge in [0.1, 0.15) is 21.8 Å². The Bertz CT molecular complexity index is 880. The zero-order chi connectivity index (χ0) is 20.6. The summed E-state index contributed by atoms with van der Waals surface area (Å²) in [5.41, 5.74) is 1.50. The van der Waals surface area contributed by atoms with Crippen molar-refractivity contribution in [2.45, 2.75) is 33.7 Å². The van der Waals surface area contributed by atoms with Crippen LogP contribution in [-0.4, -0.2) is 44.5 Å². The molecule has 1 heterocycles. The molecule has 2 aromatic rings. The second-order valence-electron chi connectivity index (χ2n) is 7.60. The van der Waals surface area contributed by atoms with Gasteiger partial charge in [-0.1, -0.05) is 32.0 Å². The highest BCUT2D eigenvalue weighted by molar-refractivity contribution is 14.0. The largest absolute Gasteiger partial charge is 0.444 e. The smallest absolute Gasteiger partial charge is 0.226 e. The van der Waals surface area contributed by atoms with Crippen molar-refractivity contribution >= 4 is 39.8 Å². The van der Waals surface area contributed by atoms with Gasteiger partial charge in [0.05, 0.1) is 12.3 Å². The molecule has 2 rings (SSSR count). The summed E-state index contributed by atoms with van der Waals surface area (Å²) in [6.07, 6.45) is 3.47. The van der Waals surface area contributed by atoms with Gasteiger partial charge in [0.25, 0.3) is 0 Å². The minimum Gasteiger partial charge on any atom is -0.444 e. The molecule has 0 spiro atoms. The number of benzene rings is 1. The molecule has 0 bridgehead atoms. The van der Waals surface area contributed by atoms with E-state index in [9.17, 15) is 8.42 Å². The van der Waals surface area contributed by atoms with Crippen molar-refractivity contribution in [2.75, 3.05) is 25.1 Å². The van der Waals surface area contributed by atoms with Crippen molar-refractivity contribution < 1.29 is 12.8 Å². The predicted octanol–water partition coefficient (Wildman–Crippen LogP) is 3.48. The fraction of sp³-hybridized carbons (Fsp3) is 0.500. The Morgan fingerprint density at radius 3 is 2.52 bits per heavy atom. The van der Waals surface area contributed by atoms with Crippen LogP contribution >= 0.6 is 24.0 Å². The van der Waals surface area contributed by atoms with Crippen molar-refractivity contribution in [2.24, 2.45) is 10.4 Å². The Labute approximate surface area is 190 Å². The highest BCUT2D eigenvalue weighted by atomic mass is 127. The Morgan fingerprint density at radius 1 is 1.21 bits per heavy atom. The van der Waals surface area contributed by atoms with Gasteiger partial charge in [-0.25, -0.2) is 18.4 Å². The second kappa shape index (κ2) is 11.5. The molecular formula is C20H31IN4O3S. The maximum absolute atomic E-state index is 11.4. The number of nitrogens with one attached hydrogen (secondary N) is 2. The molecule has 0 aliphatic rings. The molecule has 9 heteroatoms. The Morgan fingerprint density at radius 2 is 1.90 bits per heavy atom. The van der Waals surface area contributed by atoms with Crippen LogP contribution in [0.3, 0.4) is 0 Å². The van der Waals surface area contributed by atoms with Gasteiger partial charge in [0, 0.05) is 24.9 Å². The van der Waals surface area contributed by atoms with E-state index in [-0.39, 0.29) is 35.1 Å². The Kier molecular flexibility index (Phi) is 10.1. The zero-order valence-electron chi connectivity index (χ0n) is 17.4. The number of guanidine groups is 1.